The van der Waals surface area contributed by atoms with E-state index in [4.69, 9.17) is 14.2 Å². The molecule has 13 unspecified atom stereocenters. The van der Waals surface area contributed by atoms with Crippen molar-refractivity contribution in [1.82, 2.24) is 0 Å². The number of hydrogen-bond acceptors (Lipinski definition) is 16. The molecule has 396 valence electrons. The van der Waals surface area contributed by atoms with Crippen molar-refractivity contribution in [2.45, 2.75) is 78.2 Å². The quantitative estimate of drug-likeness (QED) is 0.0682. The van der Waals surface area contributed by atoms with E-state index in [-0.39, 0.29) is 63.1 Å². The number of phenols is 9. The van der Waals surface area contributed by atoms with Gasteiger partial charge in [-0.2, -0.15) is 0 Å². The first-order valence-electron chi connectivity index (χ1n) is 25.5. The zero-order valence-corrected chi connectivity index (χ0v) is 41.1. The predicted molar refractivity (Wildman–Crippen MR) is 279 cm³/mol. The molecule has 2 aliphatic carbocycles. The Bertz CT molecular complexity index is 3660. The van der Waals surface area contributed by atoms with Gasteiger partial charge in [-0.3, -0.25) is 0 Å². The van der Waals surface area contributed by atoms with Crippen LogP contribution in [0.15, 0.2) is 146 Å². The lowest BCUT2D eigenvalue weighted by molar-refractivity contribution is -0.231. The second-order valence-corrected chi connectivity index (χ2v) is 21.1. The number of aromatic hydroxyl groups is 9. The maximum absolute atomic E-state index is 13.0. The SMILES string of the molecule is OCC1OC(c2cc(O)cc(C3c4c(cc(O)cc4C4c5c(O)cc6c7c5C(C(c5ccc(O)cc5)c5c(O)cc(O)cc5C7C(c5ccc(O)cc5)O6)C4c4ccc(O)cc4)OC3c3ccc(O)cc3)c2)C(O)C(O)C1O. The summed E-state index contributed by atoms with van der Waals surface area (Å²) in [6.45, 7) is -0.694. The van der Waals surface area contributed by atoms with Crippen molar-refractivity contribution in [2.24, 2.45) is 0 Å². The highest BCUT2D eigenvalue weighted by molar-refractivity contribution is 5.74. The van der Waals surface area contributed by atoms with E-state index in [2.05, 4.69) is 0 Å². The van der Waals surface area contributed by atoms with E-state index >= 15 is 0 Å². The van der Waals surface area contributed by atoms with Gasteiger partial charge in [-0.25, -0.2) is 0 Å². The lowest BCUT2D eigenvalue weighted by atomic mass is 9.68. The Morgan fingerprint density at radius 1 is 0.321 bits per heavy atom. The van der Waals surface area contributed by atoms with Crippen molar-refractivity contribution in [3.63, 3.8) is 0 Å². The van der Waals surface area contributed by atoms with Gasteiger partial charge in [0, 0.05) is 64.1 Å². The standard InChI is InChI=1S/C62H52O16/c63-25-45-57(73)58(74)59(75)62(78-45)31-17-30(18-36(68)19-31)48-50-40(21-38(70)23-43(50)76-60(48)28-5-13-34(66)14-6-28)51-47(27-3-11-33(65)12-4-27)55-46(26-1-9-32(64)10-2-26)49-39(20-37(69)22-41(49)71)52-54-44(24-42(72)53(51)56(54)55)77-61(52)29-7-15-35(67)16-8-29/h1-24,45-48,51-52,55,57-75H,25H2. The third kappa shape index (κ3) is 7.62. The number of phenolic OH excluding ortho intramolecular Hbond substituents is 9. The van der Waals surface area contributed by atoms with Crippen molar-refractivity contribution < 1.29 is 80.6 Å². The normalized spacial score (nSPS) is 27.3. The first-order valence-corrected chi connectivity index (χ1v) is 25.5. The molecule has 1 fully saturated rings. The summed E-state index contributed by atoms with van der Waals surface area (Å²) >= 11 is 0. The van der Waals surface area contributed by atoms with E-state index in [1.54, 1.807) is 97.1 Å². The van der Waals surface area contributed by atoms with Crippen LogP contribution >= 0.6 is 0 Å². The molecule has 16 heteroatoms. The highest BCUT2D eigenvalue weighted by Crippen LogP contribution is 2.72. The van der Waals surface area contributed by atoms with Crippen LogP contribution in [0.2, 0.25) is 0 Å². The molecule has 0 radical (unpaired) electrons. The molecule has 3 aliphatic heterocycles. The number of hydrogen-bond donors (Lipinski definition) is 13. The molecule has 1 saturated heterocycles. The van der Waals surface area contributed by atoms with Crippen molar-refractivity contribution in [1.29, 1.82) is 0 Å². The van der Waals surface area contributed by atoms with Gasteiger partial charge in [0.05, 0.1) is 18.4 Å². The Morgan fingerprint density at radius 2 is 0.808 bits per heavy atom. The molecular formula is C62H52O16. The molecule has 0 saturated carbocycles. The summed E-state index contributed by atoms with van der Waals surface area (Å²) in [6, 6.07) is 38.1. The summed E-state index contributed by atoms with van der Waals surface area (Å²) < 4.78 is 19.9. The topological polar surface area (TPSA) is 291 Å². The Balaban J connectivity index is 1.11. The zero-order valence-electron chi connectivity index (χ0n) is 41.1. The second-order valence-electron chi connectivity index (χ2n) is 21.1. The molecule has 3 heterocycles. The molecule has 0 spiro atoms. The van der Waals surface area contributed by atoms with Crippen molar-refractivity contribution in [3.8, 4) is 63.2 Å². The molecule has 0 aromatic heterocycles. The molecule has 5 aliphatic rings. The lowest BCUT2D eigenvalue weighted by Crippen LogP contribution is -2.55. The third-order valence-electron chi connectivity index (χ3n) is 16.7. The molecule has 78 heavy (non-hydrogen) atoms. The van der Waals surface area contributed by atoms with Gasteiger partial charge in [-0.15, -0.1) is 0 Å². The molecule has 0 bridgehead atoms. The van der Waals surface area contributed by atoms with Gasteiger partial charge in [0.25, 0.3) is 0 Å². The Hall–Kier alpha value is -8.64. The fourth-order valence-electron chi connectivity index (χ4n) is 13.6. The van der Waals surface area contributed by atoms with E-state index < -0.39 is 84.8 Å². The summed E-state index contributed by atoms with van der Waals surface area (Å²) in [7, 11) is 0. The van der Waals surface area contributed by atoms with Crippen molar-refractivity contribution in [2.75, 3.05) is 6.61 Å². The van der Waals surface area contributed by atoms with Crippen LogP contribution in [-0.4, -0.2) is 97.4 Å². The van der Waals surface area contributed by atoms with Crippen molar-refractivity contribution in [3.05, 3.63) is 218 Å². The van der Waals surface area contributed by atoms with E-state index in [9.17, 15) is 66.4 Å². The van der Waals surface area contributed by atoms with Crippen molar-refractivity contribution >= 4 is 0 Å². The minimum Gasteiger partial charge on any atom is -0.508 e. The summed E-state index contributed by atoms with van der Waals surface area (Å²) in [4.78, 5) is 0. The first-order chi connectivity index (χ1) is 37.6. The van der Waals surface area contributed by atoms with Crippen LogP contribution in [0.4, 0.5) is 0 Å². The molecule has 8 aromatic carbocycles. The van der Waals surface area contributed by atoms with Crippen LogP contribution in [0.5, 0.6) is 63.2 Å². The number of aliphatic hydroxyl groups excluding tert-OH is 4. The van der Waals surface area contributed by atoms with Gasteiger partial charge in [0.15, 0.2) is 0 Å². The second kappa shape index (κ2) is 18.3. The van der Waals surface area contributed by atoms with Gasteiger partial charge in [0.2, 0.25) is 0 Å². The number of aliphatic hydroxyl groups is 4. The van der Waals surface area contributed by atoms with Gasteiger partial charge < -0.3 is 80.6 Å². The number of rotatable bonds is 8. The number of fused-ring (bicyclic) bond motifs is 3. The monoisotopic (exact) mass is 1050 g/mol. The third-order valence-corrected chi connectivity index (χ3v) is 16.7. The molecule has 16 nitrogen and oxygen atoms in total. The van der Waals surface area contributed by atoms with Gasteiger partial charge >= 0.3 is 0 Å². The van der Waals surface area contributed by atoms with Crippen LogP contribution in [0.1, 0.15) is 126 Å². The van der Waals surface area contributed by atoms with E-state index in [0.717, 1.165) is 0 Å². The minimum atomic E-state index is -1.74. The number of benzene rings is 8. The molecular weight excluding hydrogens is 1000 g/mol. The van der Waals surface area contributed by atoms with Gasteiger partial charge in [-0.1, -0.05) is 54.6 Å². The zero-order chi connectivity index (χ0) is 54.2. The van der Waals surface area contributed by atoms with E-state index in [1.807, 2.05) is 0 Å². The van der Waals surface area contributed by atoms with Crippen LogP contribution in [0.25, 0.3) is 0 Å². The molecule has 13 rings (SSSR count). The maximum Gasteiger partial charge on any atom is 0.135 e. The largest absolute Gasteiger partial charge is 0.508 e. The fourth-order valence-corrected chi connectivity index (χ4v) is 13.6. The molecule has 0 amide bonds. The molecule has 13 atom stereocenters. The Morgan fingerprint density at radius 3 is 1.40 bits per heavy atom. The maximum atomic E-state index is 13.0. The highest BCUT2D eigenvalue weighted by Gasteiger charge is 2.58. The van der Waals surface area contributed by atoms with Crippen LogP contribution in [0.3, 0.4) is 0 Å². The van der Waals surface area contributed by atoms with E-state index in [0.29, 0.717) is 72.5 Å². The summed E-state index contributed by atoms with van der Waals surface area (Å²) in [5, 5.41) is 147. The van der Waals surface area contributed by atoms with Gasteiger partial charge in [-0.05, 0) is 123 Å². The summed E-state index contributed by atoms with van der Waals surface area (Å²) in [5.74, 6) is -5.67. The molecule has 8 aromatic rings. The Labute approximate surface area is 445 Å². The average Bonchev–Trinajstić information content (AvgIpc) is 4.25. The fraction of sp³-hybridized carbons (Fsp3) is 0.226. The lowest BCUT2D eigenvalue weighted by Gasteiger charge is -2.40. The minimum absolute atomic E-state index is 0.0146. The molecule has 13 N–H and O–H groups in total. The van der Waals surface area contributed by atoms with Gasteiger partial charge in [0.1, 0.15) is 106 Å². The number of ether oxygens (including phenoxy) is 3. The van der Waals surface area contributed by atoms with Crippen LogP contribution in [0, 0.1) is 0 Å². The highest BCUT2D eigenvalue weighted by atomic mass is 16.5. The van der Waals surface area contributed by atoms with Crippen LogP contribution < -0.4 is 9.47 Å². The Kier molecular flexibility index (Phi) is 11.5. The summed E-state index contributed by atoms with van der Waals surface area (Å²) in [6.07, 6.45) is -9.51. The average molecular weight is 1050 g/mol. The van der Waals surface area contributed by atoms with E-state index in [1.165, 1.54) is 48.5 Å². The first kappa shape index (κ1) is 49.0. The van der Waals surface area contributed by atoms with Crippen LogP contribution in [-0.2, 0) is 4.74 Å². The predicted octanol–water partition coefficient (Wildman–Crippen LogP) is 8.24. The smallest absolute Gasteiger partial charge is 0.135 e. The summed E-state index contributed by atoms with van der Waals surface area (Å²) in [5.41, 5.74) is 6.69.